The fourth-order valence-corrected chi connectivity index (χ4v) is 4.14. The van der Waals surface area contributed by atoms with Crippen LogP contribution in [0.5, 0.6) is 0 Å². The van der Waals surface area contributed by atoms with Gasteiger partial charge in [0.05, 0.1) is 6.04 Å². The molecule has 0 aliphatic heterocycles. The number of esters is 1. The van der Waals surface area contributed by atoms with Crippen molar-refractivity contribution in [3.63, 3.8) is 0 Å². The van der Waals surface area contributed by atoms with Gasteiger partial charge in [-0.15, -0.1) is 0 Å². The minimum absolute atomic E-state index is 0.0514. The highest BCUT2D eigenvalue weighted by Gasteiger charge is 2.33. The Balaban J connectivity index is 2.58. The molecule has 1 amide bonds. The van der Waals surface area contributed by atoms with Crippen LogP contribution in [0, 0.1) is 23.7 Å². The molecule has 0 aromatic heterocycles. The standard InChI is InChI=1S/C21H40N2O3/c1-6-8-16(13-23-18(7-2)21(22)25)12-20(24)26-19-11-15(5)9-10-17(19)14(3)4/h14-19,23H,6-13H2,1-5H3,(H2,22,25)/t15?,16-,17?,18+,19?/m1/s1. The molecule has 0 radical (unpaired) electrons. The first-order chi connectivity index (χ1) is 12.3. The maximum Gasteiger partial charge on any atom is 0.306 e. The van der Waals surface area contributed by atoms with Crippen LogP contribution in [0.25, 0.3) is 0 Å². The molecule has 1 rings (SSSR count). The molecule has 5 heteroatoms. The second-order valence-corrected chi connectivity index (χ2v) is 8.48. The number of nitrogens with two attached hydrogens (primary N) is 1. The van der Waals surface area contributed by atoms with Crippen molar-refractivity contribution in [3.8, 4) is 0 Å². The van der Waals surface area contributed by atoms with Crippen molar-refractivity contribution < 1.29 is 14.3 Å². The number of ether oxygens (including phenoxy) is 1. The van der Waals surface area contributed by atoms with Gasteiger partial charge in [-0.1, -0.05) is 47.5 Å². The van der Waals surface area contributed by atoms with Gasteiger partial charge in [-0.2, -0.15) is 0 Å². The van der Waals surface area contributed by atoms with Crippen molar-refractivity contribution in [1.82, 2.24) is 5.32 Å². The highest BCUT2D eigenvalue weighted by Crippen LogP contribution is 2.35. The van der Waals surface area contributed by atoms with Crippen molar-refractivity contribution in [2.45, 2.75) is 91.7 Å². The molecule has 0 bridgehead atoms. The quantitative estimate of drug-likeness (QED) is 0.545. The highest BCUT2D eigenvalue weighted by atomic mass is 16.5. The Hall–Kier alpha value is -1.10. The number of carbonyl (C=O) groups is 2. The lowest BCUT2D eigenvalue weighted by atomic mass is 9.75. The average molecular weight is 369 g/mol. The summed E-state index contributed by atoms with van der Waals surface area (Å²) in [7, 11) is 0. The molecule has 0 spiro atoms. The maximum absolute atomic E-state index is 12.6. The lowest BCUT2D eigenvalue weighted by Gasteiger charge is -2.37. The second kappa shape index (κ2) is 11.6. The first kappa shape index (κ1) is 22.9. The fraction of sp³-hybridized carbons (Fsp3) is 0.905. The van der Waals surface area contributed by atoms with E-state index in [1.807, 2.05) is 6.92 Å². The van der Waals surface area contributed by atoms with Gasteiger partial charge in [-0.25, -0.2) is 0 Å². The topological polar surface area (TPSA) is 81.4 Å². The molecule has 1 aliphatic rings. The van der Waals surface area contributed by atoms with Gasteiger partial charge in [0, 0.05) is 6.42 Å². The molecular formula is C21H40N2O3. The smallest absolute Gasteiger partial charge is 0.306 e. The van der Waals surface area contributed by atoms with Crippen molar-refractivity contribution in [2.24, 2.45) is 29.4 Å². The molecule has 0 aromatic carbocycles. The molecule has 0 aromatic rings. The molecule has 5 atom stereocenters. The van der Waals surface area contributed by atoms with Crippen molar-refractivity contribution in [1.29, 1.82) is 0 Å². The van der Waals surface area contributed by atoms with E-state index >= 15 is 0 Å². The van der Waals surface area contributed by atoms with Crippen molar-refractivity contribution in [2.75, 3.05) is 6.54 Å². The predicted molar refractivity (Wildman–Crippen MR) is 106 cm³/mol. The molecule has 5 nitrogen and oxygen atoms in total. The van der Waals surface area contributed by atoms with Gasteiger partial charge in [-0.3, -0.25) is 9.59 Å². The second-order valence-electron chi connectivity index (χ2n) is 8.48. The summed E-state index contributed by atoms with van der Waals surface area (Å²) in [5.41, 5.74) is 5.40. The Bertz CT molecular complexity index is 439. The zero-order chi connectivity index (χ0) is 19.7. The third-order valence-corrected chi connectivity index (χ3v) is 5.80. The molecule has 1 saturated carbocycles. The van der Waals surface area contributed by atoms with Gasteiger partial charge in [0.15, 0.2) is 0 Å². The molecular weight excluding hydrogens is 328 g/mol. The number of hydrogen-bond acceptors (Lipinski definition) is 4. The van der Waals surface area contributed by atoms with E-state index in [2.05, 4.69) is 33.0 Å². The summed E-state index contributed by atoms with van der Waals surface area (Å²) in [4.78, 5) is 24.0. The normalized spacial score (nSPS) is 25.7. The predicted octanol–water partition coefficient (Wildman–Crippen LogP) is 3.65. The molecule has 3 N–H and O–H groups in total. The minimum Gasteiger partial charge on any atom is -0.462 e. The number of nitrogens with one attached hydrogen (secondary N) is 1. The first-order valence-corrected chi connectivity index (χ1v) is 10.5. The van der Waals surface area contributed by atoms with Crippen LogP contribution < -0.4 is 11.1 Å². The van der Waals surface area contributed by atoms with Gasteiger partial charge >= 0.3 is 5.97 Å². The van der Waals surface area contributed by atoms with Crippen LogP contribution in [0.3, 0.4) is 0 Å². The van der Waals surface area contributed by atoms with Gasteiger partial charge in [0.1, 0.15) is 6.10 Å². The monoisotopic (exact) mass is 368 g/mol. The van der Waals surface area contributed by atoms with Crippen LogP contribution >= 0.6 is 0 Å². The Kier molecular flexibility index (Phi) is 10.2. The van der Waals surface area contributed by atoms with Gasteiger partial charge < -0.3 is 15.8 Å². The van der Waals surface area contributed by atoms with E-state index in [9.17, 15) is 9.59 Å². The average Bonchev–Trinajstić information content (AvgIpc) is 2.54. The van der Waals surface area contributed by atoms with Gasteiger partial charge in [0.25, 0.3) is 0 Å². The van der Waals surface area contributed by atoms with Crippen LogP contribution in [0.2, 0.25) is 0 Å². The summed E-state index contributed by atoms with van der Waals surface area (Å²) in [6.45, 7) is 11.4. The molecule has 0 heterocycles. The van der Waals surface area contributed by atoms with E-state index in [4.69, 9.17) is 10.5 Å². The molecule has 152 valence electrons. The van der Waals surface area contributed by atoms with Gasteiger partial charge in [-0.05, 0) is 55.9 Å². The third kappa shape index (κ3) is 7.65. The van der Waals surface area contributed by atoms with Gasteiger partial charge in [0.2, 0.25) is 5.91 Å². The van der Waals surface area contributed by atoms with E-state index in [1.54, 1.807) is 0 Å². The fourth-order valence-electron chi connectivity index (χ4n) is 4.14. The van der Waals surface area contributed by atoms with Crippen molar-refractivity contribution in [3.05, 3.63) is 0 Å². The summed E-state index contributed by atoms with van der Waals surface area (Å²) in [5.74, 6) is 1.38. The summed E-state index contributed by atoms with van der Waals surface area (Å²) < 4.78 is 5.93. The van der Waals surface area contributed by atoms with E-state index in [0.29, 0.717) is 37.1 Å². The Morgan fingerprint density at radius 3 is 2.46 bits per heavy atom. The molecule has 3 unspecified atom stereocenters. The number of amides is 1. The van der Waals surface area contributed by atoms with E-state index in [-0.39, 0.29) is 29.9 Å². The Morgan fingerprint density at radius 1 is 1.23 bits per heavy atom. The minimum atomic E-state index is -0.332. The number of hydrogen-bond donors (Lipinski definition) is 2. The summed E-state index contributed by atoms with van der Waals surface area (Å²) in [6.07, 6.45) is 6.41. The summed E-state index contributed by atoms with van der Waals surface area (Å²) in [5, 5.41) is 3.21. The molecule has 1 fully saturated rings. The maximum atomic E-state index is 12.6. The summed E-state index contributed by atoms with van der Waals surface area (Å²) >= 11 is 0. The number of rotatable bonds is 11. The van der Waals surface area contributed by atoms with Crippen LogP contribution in [0.1, 0.15) is 79.6 Å². The Morgan fingerprint density at radius 2 is 1.92 bits per heavy atom. The molecule has 26 heavy (non-hydrogen) atoms. The largest absolute Gasteiger partial charge is 0.462 e. The lowest BCUT2D eigenvalue weighted by Crippen LogP contribution is -2.43. The SMILES string of the molecule is CCC[C@@H](CN[C@@H](CC)C(N)=O)CC(=O)OC1CC(C)CCC1C(C)C. The summed E-state index contributed by atoms with van der Waals surface area (Å²) in [6, 6.07) is -0.324. The lowest BCUT2D eigenvalue weighted by molar-refractivity contribution is -0.157. The van der Waals surface area contributed by atoms with Crippen LogP contribution in [0.15, 0.2) is 0 Å². The molecule has 1 aliphatic carbocycles. The van der Waals surface area contributed by atoms with E-state index in [0.717, 1.165) is 25.7 Å². The van der Waals surface area contributed by atoms with Crippen molar-refractivity contribution >= 4 is 11.9 Å². The van der Waals surface area contributed by atoms with E-state index < -0.39 is 0 Å². The van der Waals surface area contributed by atoms with E-state index in [1.165, 1.54) is 6.42 Å². The molecule has 0 saturated heterocycles. The zero-order valence-corrected chi connectivity index (χ0v) is 17.4. The Labute approximate surface area is 159 Å². The highest BCUT2D eigenvalue weighted by molar-refractivity contribution is 5.79. The van der Waals surface area contributed by atoms with Crippen LogP contribution in [-0.2, 0) is 14.3 Å². The first-order valence-electron chi connectivity index (χ1n) is 10.5. The van der Waals surface area contributed by atoms with Crippen LogP contribution in [0.4, 0.5) is 0 Å². The number of carbonyl (C=O) groups excluding carboxylic acids is 2. The van der Waals surface area contributed by atoms with Crippen LogP contribution in [-0.4, -0.2) is 30.6 Å². The zero-order valence-electron chi connectivity index (χ0n) is 17.4. The number of primary amides is 1. The third-order valence-electron chi connectivity index (χ3n) is 5.80.